The van der Waals surface area contributed by atoms with E-state index in [9.17, 15) is 4.79 Å². The second-order valence-electron chi connectivity index (χ2n) is 5.47. The lowest BCUT2D eigenvalue weighted by atomic mass is 10.2. The fourth-order valence-corrected chi connectivity index (χ4v) is 2.86. The molecule has 3 N–H and O–H groups in total. The fraction of sp³-hybridized carbons (Fsp3) is 0.562. The van der Waals surface area contributed by atoms with E-state index in [2.05, 4.69) is 10.2 Å². The number of nitrogens with one attached hydrogen (secondary N) is 1. The molecule has 0 unspecified atom stereocenters. The molecule has 4 nitrogen and oxygen atoms in total. The van der Waals surface area contributed by atoms with Gasteiger partial charge in [0, 0.05) is 18.3 Å². The van der Waals surface area contributed by atoms with Gasteiger partial charge in [0.1, 0.15) is 0 Å². The Morgan fingerprint density at radius 2 is 1.95 bits per heavy atom. The number of anilines is 1. The molecule has 0 saturated heterocycles. The van der Waals surface area contributed by atoms with Crippen LogP contribution in [0.5, 0.6) is 0 Å². The minimum Gasteiger partial charge on any atom is -0.330 e. The van der Waals surface area contributed by atoms with Gasteiger partial charge in [-0.2, -0.15) is 0 Å². The SMILES string of the molecule is NCCCN(CC(=O)Nc1ccccc1)C1CCCC1. The lowest BCUT2D eigenvalue weighted by molar-refractivity contribution is -0.117. The number of para-hydroxylation sites is 1. The molecule has 1 aromatic rings. The highest BCUT2D eigenvalue weighted by atomic mass is 16.2. The van der Waals surface area contributed by atoms with Gasteiger partial charge in [0.2, 0.25) is 5.91 Å². The number of rotatable bonds is 7. The molecular weight excluding hydrogens is 250 g/mol. The van der Waals surface area contributed by atoms with E-state index in [1.807, 2.05) is 30.3 Å². The van der Waals surface area contributed by atoms with Gasteiger partial charge in [0.25, 0.3) is 0 Å². The molecule has 4 heteroatoms. The zero-order valence-corrected chi connectivity index (χ0v) is 12.1. The van der Waals surface area contributed by atoms with Gasteiger partial charge in [-0.15, -0.1) is 0 Å². The molecule has 0 radical (unpaired) electrons. The summed E-state index contributed by atoms with van der Waals surface area (Å²) in [4.78, 5) is 14.5. The number of hydrogen-bond acceptors (Lipinski definition) is 3. The first-order valence-corrected chi connectivity index (χ1v) is 7.58. The minimum absolute atomic E-state index is 0.0696. The van der Waals surface area contributed by atoms with Crippen molar-refractivity contribution in [1.82, 2.24) is 4.90 Å². The van der Waals surface area contributed by atoms with Crippen LogP contribution in [0.25, 0.3) is 0 Å². The van der Waals surface area contributed by atoms with Gasteiger partial charge in [0.15, 0.2) is 0 Å². The van der Waals surface area contributed by atoms with Crippen molar-refractivity contribution in [3.8, 4) is 0 Å². The van der Waals surface area contributed by atoms with Crippen molar-refractivity contribution in [2.24, 2.45) is 5.73 Å². The van der Waals surface area contributed by atoms with E-state index >= 15 is 0 Å². The van der Waals surface area contributed by atoms with E-state index < -0.39 is 0 Å². The quantitative estimate of drug-likeness (QED) is 0.802. The topological polar surface area (TPSA) is 58.4 Å². The Hall–Kier alpha value is -1.39. The number of carbonyl (C=O) groups excluding carboxylic acids is 1. The van der Waals surface area contributed by atoms with Gasteiger partial charge in [-0.1, -0.05) is 31.0 Å². The van der Waals surface area contributed by atoms with Crippen molar-refractivity contribution < 1.29 is 4.79 Å². The summed E-state index contributed by atoms with van der Waals surface area (Å²) < 4.78 is 0. The molecule has 1 aromatic carbocycles. The molecule has 0 atom stereocenters. The Kier molecular flexibility index (Phi) is 6.02. The van der Waals surface area contributed by atoms with Crippen LogP contribution in [0, 0.1) is 0 Å². The van der Waals surface area contributed by atoms with Gasteiger partial charge >= 0.3 is 0 Å². The molecule has 0 aromatic heterocycles. The van der Waals surface area contributed by atoms with Crippen LogP contribution in [-0.4, -0.2) is 36.5 Å². The van der Waals surface area contributed by atoms with Gasteiger partial charge in [-0.3, -0.25) is 9.69 Å². The van der Waals surface area contributed by atoms with Crippen LogP contribution in [0.15, 0.2) is 30.3 Å². The summed E-state index contributed by atoms with van der Waals surface area (Å²) in [6.07, 6.45) is 5.94. The van der Waals surface area contributed by atoms with Crippen LogP contribution in [0.3, 0.4) is 0 Å². The zero-order valence-electron chi connectivity index (χ0n) is 12.1. The summed E-state index contributed by atoms with van der Waals surface area (Å²) in [6.45, 7) is 2.08. The summed E-state index contributed by atoms with van der Waals surface area (Å²) in [5, 5.41) is 2.96. The van der Waals surface area contributed by atoms with E-state index in [-0.39, 0.29) is 5.91 Å². The first-order chi connectivity index (χ1) is 9.79. The number of nitrogens with zero attached hydrogens (tertiary/aromatic N) is 1. The molecule has 0 heterocycles. The van der Waals surface area contributed by atoms with Crippen LogP contribution in [0.2, 0.25) is 0 Å². The van der Waals surface area contributed by atoms with E-state index in [1.54, 1.807) is 0 Å². The molecular formula is C16H25N3O. The van der Waals surface area contributed by atoms with Gasteiger partial charge in [-0.05, 0) is 37.9 Å². The first-order valence-electron chi connectivity index (χ1n) is 7.58. The van der Waals surface area contributed by atoms with Crippen LogP contribution in [0.4, 0.5) is 5.69 Å². The number of amides is 1. The molecule has 110 valence electrons. The molecule has 0 bridgehead atoms. The largest absolute Gasteiger partial charge is 0.330 e. The number of carbonyl (C=O) groups is 1. The van der Waals surface area contributed by atoms with Crippen molar-refractivity contribution in [2.45, 2.75) is 38.1 Å². The van der Waals surface area contributed by atoms with E-state index in [4.69, 9.17) is 5.73 Å². The number of hydrogen-bond donors (Lipinski definition) is 2. The molecule has 1 fully saturated rings. The average molecular weight is 275 g/mol. The summed E-state index contributed by atoms with van der Waals surface area (Å²) in [6, 6.07) is 10.2. The average Bonchev–Trinajstić information content (AvgIpc) is 2.98. The van der Waals surface area contributed by atoms with E-state index in [0.29, 0.717) is 19.1 Å². The van der Waals surface area contributed by atoms with Crippen LogP contribution in [0.1, 0.15) is 32.1 Å². The van der Waals surface area contributed by atoms with Crippen molar-refractivity contribution in [1.29, 1.82) is 0 Å². The molecule has 1 aliphatic carbocycles. The Morgan fingerprint density at radius 3 is 2.60 bits per heavy atom. The van der Waals surface area contributed by atoms with Gasteiger partial charge in [-0.25, -0.2) is 0 Å². The fourth-order valence-electron chi connectivity index (χ4n) is 2.86. The molecule has 1 aliphatic rings. The molecule has 20 heavy (non-hydrogen) atoms. The van der Waals surface area contributed by atoms with Crippen molar-refractivity contribution in [3.05, 3.63) is 30.3 Å². The van der Waals surface area contributed by atoms with E-state index in [1.165, 1.54) is 25.7 Å². The molecule has 1 amide bonds. The molecule has 1 saturated carbocycles. The van der Waals surface area contributed by atoms with Crippen molar-refractivity contribution in [3.63, 3.8) is 0 Å². The van der Waals surface area contributed by atoms with E-state index in [0.717, 1.165) is 18.7 Å². The Bertz CT molecular complexity index is 401. The third kappa shape index (κ3) is 4.62. The lowest BCUT2D eigenvalue weighted by Crippen LogP contribution is -2.40. The highest BCUT2D eigenvalue weighted by molar-refractivity contribution is 5.92. The first kappa shape index (κ1) is 15.0. The third-order valence-corrected chi connectivity index (χ3v) is 3.89. The van der Waals surface area contributed by atoms with Crippen LogP contribution >= 0.6 is 0 Å². The third-order valence-electron chi connectivity index (χ3n) is 3.89. The number of nitrogens with two attached hydrogens (primary N) is 1. The zero-order chi connectivity index (χ0) is 14.2. The maximum absolute atomic E-state index is 12.2. The van der Waals surface area contributed by atoms with Gasteiger partial charge in [0.05, 0.1) is 6.54 Å². The second kappa shape index (κ2) is 8.02. The predicted octanol–water partition coefficient (Wildman–Crippen LogP) is 2.22. The molecule has 0 aliphatic heterocycles. The highest BCUT2D eigenvalue weighted by Gasteiger charge is 2.23. The maximum Gasteiger partial charge on any atom is 0.238 e. The summed E-state index contributed by atoms with van der Waals surface area (Å²) in [5.41, 5.74) is 6.47. The standard InChI is InChI=1S/C16H25N3O/c17-11-6-12-19(15-9-4-5-10-15)13-16(20)18-14-7-2-1-3-8-14/h1-3,7-8,15H,4-6,9-13,17H2,(H,18,20). The molecule has 2 rings (SSSR count). The van der Waals surface area contributed by atoms with Crippen molar-refractivity contribution >= 4 is 11.6 Å². The number of benzene rings is 1. The summed E-state index contributed by atoms with van der Waals surface area (Å²) in [7, 11) is 0. The Labute approximate surface area is 121 Å². The van der Waals surface area contributed by atoms with Crippen LogP contribution in [-0.2, 0) is 4.79 Å². The normalized spacial score (nSPS) is 15.7. The lowest BCUT2D eigenvalue weighted by Gasteiger charge is -2.28. The Balaban J connectivity index is 1.87. The van der Waals surface area contributed by atoms with Gasteiger partial charge < -0.3 is 11.1 Å². The van der Waals surface area contributed by atoms with Crippen molar-refractivity contribution in [2.75, 3.05) is 25.0 Å². The predicted molar refractivity (Wildman–Crippen MR) is 82.6 cm³/mol. The molecule has 0 spiro atoms. The Morgan fingerprint density at radius 1 is 1.25 bits per heavy atom. The highest BCUT2D eigenvalue weighted by Crippen LogP contribution is 2.23. The smallest absolute Gasteiger partial charge is 0.238 e. The monoisotopic (exact) mass is 275 g/mol. The maximum atomic E-state index is 12.2. The summed E-state index contributed by atoms with van der Waals surface area (Å²) >= 11 is 0. The summed E-state index contributed by atoms with van der Waals surface area (Å²) in [5.74, 6) is 0.0696. The second-order valence-corrected chi connectivity index (χ2v) is 5.47. The minimum atomic E-state index is 0.0696. The van der Waals surface area contributed by atoms with Crippen LogP contribution < -0.4 is 11.1 Å².